The zero-order chi connectivity index (χ0) is 10.9. The molecule has 0 spiro atoms. The van der Waals surface area contributed by atoms with Crippen LogP contribution in [0.5, 0.6) is 0 Å². The summed E-state index contributed by atoms with van der Waals surface area (Å²) in [6.45, 7) is 3.01. The molecule has 0 bridgehead atoms. The molecule has 1 aliphatic carbocycles. The van der Waals surface area contributed by atoms with Crippen LogP contribution in [0.1, 0.15) is 35.9 Å². The summed E-state index contributed by atoms with van der Waals surface area (Å²) in [5, 5.41) is 4.88. The van der Waals surface area contributed by atoms with Crippen molar-refractivity contribution in [3.63, 3.8) is 0 Å². The van der Waals surface area contributed by atoms with Crippen LogP contribution in [0.25, 0.3) is 0 Å². The number of amides is 1. The van der Waals surface area contributed by atoms with Gasteiger partial charge in [-0.3, -0.25) is 4.79 Å². The predicted molar refractivity (Wildman–Crippen MR) is 65.9 cm³/mol. The van der Waals surface area contributed by atoms with E-state index in [-0.39, 0.29) is 5.91 Å². The molecule has 1 aromatic heterocycles. The summed E-state index contributed by atoms with van der Waals surface area (Å²) in [5.41, 5.74) is 0.413. The Balaban J connectivity index is 1.88. The van der Waals surface area contributed by atoms with Crippen molar-refractivity contribution in [1.82, 2.24) is 5.32 Å². The van der Waals surface area contributed by atoms with Crippen molar-refractivity contribution >= 4 is 29.9 Å². The molecule has 0 atom stereocenters. The summed E-state index contributed by atoms with van der Waals surface area (Å²) in [7, 11) is 0. The molecular weight excluding hydrogens is 226 g/mol. The first-order valence-electron chi connectivity index (χ1n) is 5.21. The highest BCUT2D eigenvalue weighted by atomic mass is 32.1. The molecular formula is C11H15NOS2. The van der Waals surface area contributed by atoms with Crippen molar-refractivity contribution in [2.24, 2.45) is 5.41 Å². The van der Waals surface area contributed by atoms with Gasteiger partial charge in [0.2, 0.25) is 0 Å². The quantitative estimate of drug-likeness (QED) is 0.780. The molecule has 1 aliphatic rings. The van der Waals surface area contributed by atoms with Crippen LogP contribution in [0.3, 0.4) is 0 Å². The normalized spacial score (nSPS) is 17.5. The molecule has 0 aliphatic heterocycles. The van der Waals surface area contributed by atoms with Gasteiger partial charge in [-0.05, 0) is 30.7 Å². The molecule has 82 valence electrons. The second-order valence-electron chi connectivity index (χ2n) is 4.21. The lowest BCUT2D eigenvalue weighted by molar-refractivity contribution is 0.0948. The van der Waals surface area contributed by atoms with E-state index in [9.17, 15) is 4.79 Å². The van der Waals surface area contributed by atoms with Crippen molar-refractivity contribution in [2.45, 2.75) is 31.1 Å². The number of nitrogens with one attached hydrogen (secondary N) is 1. The lowest BCUT2D eigenvalue weighted by Crippen LogP contribution is -2.29. The van der Waals surface area contributed by atoms with Gasteiger partial charge in [0.25, 0.3) is 5.91 Å². The monoisotopic (exact) mass is 241 g/mol. The number of hydrogen-bond acceptors (Lipinski definition) is 3. The minimum atomic E-state index is 0.0417. The predicted octanol–water partition coefficient (Wildman–Crippen LogP) is 2.96. The first-order chi connectivity index (χ1) is 7.15. The highest BCUT2D eigenvalue weighted by Gasteiger charge is 2.40. The van der Waals surface area contributed by atoms with Crippen LogP contribution in [0, 0.1) is 5.41 Å². The molecule has 15 heavy (non-hydrogen) atoms. The van der Waals surface area contributed by atoms with Gasteiger partial charge in [-0.1, -0.05) is 6.92 Å². The summed E-state index contributed by atoms with van der Waals surface area (Å²) >= 11 is 5.63. The largest absolute Gasteiger partial charge is 0.351 e. The van der Waals surface area contributed by atoms with Crippen molar-refractivity contribution in [3.8, 4) is 0 Å². The average molecular weight is 241 g/mol. The van der Waals surface area contributed by atoms with E-state index in [1.165, 1.54) is 24.2 Å². The van der Waals surface area contributed by atoms with Gasteiger partial charge in [-0.2, -0.15) is 0 Å². The lowest BCUT2D eigenvalue weighted by atomic mass is 10.0. The van der Waals surface area contributed by atoms with Crippen LogP contribution >= 0.6 is 24.0 Å². The zero-order valence-electron chi connectivity index (χ0n) is 8.75. The minimum absolute atomic E-state index is 0.0417. The SMILES string of the molecule is CCC1(CNC(=O)c2cc(S)cs2)CC1. The highest BCUT2D eigenvalue weighted by Crippen LogP contribution is 2.47. The Bertz CT molecular complexity index is 368. The lowest BCUT2D eigenvalue weighted by Gasteiger charge is -2.12. The fourth-order valence-electron chi connectivity index (χ4n) is 1.63. The molecule has 0 radical (unpaired) electrons. The van der Waals surface area contributed by atoms with Crippen LogP contribution in [-0.4, -0.2) is 12.5 Å². The van der Waals surface area contributed by atoms with Gasteiger partial charge < -0.3 is 5.32 Å². The number of hydrogen-bond donors (Lipinski definition) is 2. The standard InChI is InChI=1S/C11H15NOS2/c1-2-11(3-4-11)7-12-10(13)9-5-8(14)6-15-9/h5-6,14H,2-4,7H2,1H3,(H,12,13). The van der Waals surface area contributed by atoms with Crippen LogP contribution in [-0.2, 0) is 0 Å². The van der Waals surface area contributed by atoms with E-state index in [2.05, 4.69) is 24.9 Å². The van der Waals surface area contributed by atoms with Crippen molar-refractivity contribution in [3.05, 3.63) is 16.3 Å². The van der Waals surface area contributed by atoms with Gasteiger partial charge in [-0.25, -0.2) is 0 Å². The second kappa shape index (κ2) is 4.18. The first-order valence-corrected chi connectivity index (χ1v) is 6.54. The van der Waals surface area contributed by atoms with Crippen molar-refractivity contribution in [2.75, 3.05) is 6.54 Å². The Kier molecular flexibility index (Phi) is 3.07. The fraction of sp³-hybridized carbons (Fsp3) is 0.545. The molecule has 1 fully saturated rings. The van der Waals surface area contributed by atoms with Gasteiger partial charge in [0.15, 0.2) is 0 Å². The van der Waals surface area contributed by atoms with Crippen LogP contribution < -0.4 is 5.32 Å². The number of rotatable bonds is 4. The summed E-state index contributed by atoms with van der Waals surface area (Å²) in [4.78, 5) is 13.3. The summed E-state index contributed by atoms with van der Waals surface area (Å²) in [6.07, 6.45) is 3.67. The molecule has 4 heteroatoms. The number of carbonyl (C=O) groups excluding carboxylic acids is 1. The van der Waals surface area contributed by atoms with Crippen molar-refractivity contribution < 1.29 is 4.79 Å². The maximum absolute atomic E-state index is 11.7. The molecule has 1 N–H and O–H groups in total. The average Bonchev–Trinajstić information content (AvgIpc) is 2.90. The third-order valence-corrected chi connectivity index (χ3v) is 4.50. The van der Waals surface area contributed by atoms with Gasteiger partial charge in [0, 0.05) is 16.8 Å². The summed E-state index contributed by atoms with van der Waals surface area (Å²) in [5.74, 6) is 0.0417. The van der Waals surface area contributed by atoms with E-state index >= 15 is 0 Å². The van der Waals surface area contributed by atoms with E-state index in [0.29, 0.717) is 5.41 Å². The fourth-order valence-corrected chi connectivity index (χ4v) is 2.70. The van der Waals surface area contributed by atoms with Crippen LogP contribution in [0.15, 0.2) is 16.3 Å². The summed E-state index contributed by atoms with van der Waals surface area (Å²) in [6, 6.07) is 1.81. The Morgan fingerprint density at radius 3 is 2.87 bits per heavy atom. The van der Waals surface area contributed by atoms with E-state index in [0.717, 1.165) is 22.7 Å². The van der Waals surface area contributed by atoms with Gasteiger partial charge >= 0.3 is 0 Å². The Morgan fingerprint density at radius 1 is 1.67 bits per heavy atom. The number of thiol groups is 1. The van der Waals surface area contributed by atoms with E-state index in [4.69, 9.17) is 0 Å². The topological polar surface area (TPSA) is 29.1 Å². The molecule has 2 rings (SSSR count). The van der Waals surface area contributed by atoms with Gasteiger partial charge in [-0.15, -0.1) is 24.0 Å². The molecule has 1 aromatic rings. The minimum Gasteiger partial charge on any atom is -0.351 e. The third-order valence-electron chi connectivity index (χ3n) is 3.14. The maximum atomic E-state index is 11.7. The van der Waals surface area contributed by atoms with E-state index in [1.54, 1.807) is 0 Å². The van der Waals surface area contributed by atoms with Gasteiger partial charge in [0.1, 0.15) is 0 Å². The number of thiophene rings is 1. The first kappa shape index (κ1) is 11.0. The van der Waals surface area contributed by atoms with Crippen molar-refractivity contribution in [1.29, 1.82) is 0 Å². The molecule has 0 unspecified atom stereocenters. The summed E-state index contributed by atoms with van der Waals surface area (Å²) < 4.78 is 0. The number of carbonyl (C=O) groups is 1. The van der Waals surface area contributed by atoms with Crippen LogP contribution in [0.4, 0.5) is 0 Å². The highest BCUT2D eigenvalue weighted by molar-refractivity contribution is 7.80. The third kappa shape index (κ3) is 2.55. The Labute approximate surface area is 99.5 Å². The van der Waals surface area contributed by atoms with E-state index in [1.807, 2.05) is 11.4 Å². The maximum Gasteiger partial charge on any atom is 0.261 e. The molecule has 1 heterocycles. The Morgan fingerprint density at radius 2 is 2.40 bits per heavy atom. The Hall–Kier alpha value is -0.480. The van der Waals surface area contributed by atoms with Gasteiger partial charge in [0.05, 0.1) is 4.88 Å². The van der Waals surface area contributed by atoms with Crippen LogP contribution in [0.2, 0.25) is 0 Å². The zero-order valence-corrected chi connectivity index (χ0v) is 10.5. The molecule has 1 saturated carbocycles. The molecule has 2 nitrogen and oxygen atoms in total. The smallest absolute Gasteiger partial charge is 0.261 e. The molecule has 1 amide bonds. The second-order valence-corrected chi connectivity index (χ2v) is 5.63. The molecule has 0 aromatic carbocycles. The van der Waals surface area contributed by atoms with E-state index < -0.39 is 0 Å². The molecule has 0 saturated heterocycles.